The van der Waals surface area contributed by atoms with E-state index in [1.165, 1.54) is 5.56 Å². The molecular weight excluding hydrogens is 241 g/mol. The zero-order chi connectivity index (χ0) is 12.2. The SMILES string of the molecule is CCNCC(C)(C)Cc1ccc(Cl)c(Cl)c1. The first-order chi connectivity index (χ1) is 7.44. The smallest absolute Gasteiger partial charge is 0.0595 e. The molecule has 3 heteroatoms. The van der Waals surface area contributed by atoms with E-state index in [0.717, 1.165) is 19.5 Å². The van der Waals surface area contributed by atoms with Gasteiger partial charge in [0.2, 0.25) is 0 Å². The highest BCUT2D eigenvalue weighted by atomic mass is 35.5. The average molecular weight is 260 g/mol. The van der Waals surface area contributed by atoms with Crippen LogP contribution in [0.5, 0.6) is 0 Å². The van der Waals surface area contributed by atoms with E-state index >= 15 is 0 Å². The van der Waals surface area contributed by atoms with Gasteiger partial charge >= 0.3 is 0 Å². The second kappa shape index (κ2) is 5.90. The lowest BCUT2D eigenvalue weighted by molar-refractivity contribution is 0.342. The lowest BCUT2D eigenvalue weighted by Gasteiger charge is -2.25. The van der Waals surface area contributed by atoms with Gasteiger partial charge in [0.05, 0.1) is 10.0 Å². The van der Waals surface area contributed by atoms with Crippen molar-refractivity contribution >= 4 is 23.2 Å². The van der Waals surface area contributed by atoms with Gasteiger partial charge in [-0.1, -0.05) is 50.0 Å². The first kappa shape index (κ1) is 13.8. The fraction of sp³-hybridized carbons (Fsp3) is 0.538. The average Bonchev–Trinajstić information content (AvgIpc) is 2.20. The molecule has 0 saturated carbocycles. The Morgan fingerprint density at radius 1 is 1.19 bits per heavy atom. The van der Waals surface area contributed by atoms with E-state index < -0.39 is 0 Å². The Bertz CT molecular complexity index is 348. The van der Waals surface area contributed by atoms with Crippen molar-refractivity contribution in [3.05, 3.63) is 33.8 Å². The maximum absolute atomic E-state index is 6.00. The van der Waals surface area contributed by atoms with Crippen LogP contribution in [0.25, 0.3) is 0 Å². The number of nitrogens with one attached hydrogen (secondary N) is 1. The normalized spacial score (nSPS) is 11.8. The Labute approximate surface area is 108 Å². The molecule has 0 unspecified atom stereocenters. The maximum Gasteiger partial charge on any atom is 0.0595 e. The van der Waals surface area contributed by atoms with Crippen molar-refractivity contribution in [1.82, 2.24) is 5.32 Å². The van der Waals surface area contributed by atoms with Gasteiger partial charge in [0.1, 0.15) is 0 Å². The highest BCUT2D eigenvalue weighted by Crippen LogP contribution is 2.27. The maximum atomic E-state index is 6.00. The van der Waals surface area contributed by atoms with Crippen LogP contribution in [-0.4, -0.2) is 13.1 Å². The Morgan fingerprint density at radius 3 is 2.44 bits per heavy atom. The summed E-state index contributed by atoms with van der Waals surface area (Å²) in [6.07, 6.45) is 0.997. The molecule has 0 spiro atoms. The molecule has 1 rings (SSSR count). The van der Waals surface area contributed by atoms with Gasteiger partial charge in [0.15, 0.2) is 0 Å². The molecule has 1 aromatic rings. The van der Waals surface area contributed by atoms with Crippen LogP contribution in [0.4, 0.5) is 0 Å². The molecule has 0 aromatic heterocycles. The van der Waals surface area contributed by atoms with Gasteiger partial charge in [-0.2, -0.15) is 0 Å². The van der Waals surface area contributed by atoms with Crippen LogP contribution >= 0.6 is 23.2 Å². The van der Waals surface area contributed by atoms with Crippen LogP contribution < -0.4 is 5.32 Å². The zero-order valence-corrected chi connectivity index (χ0v) is 11.6. The topological polar surface area (TPSA) is 12.0 Å². The molecule has 0 aliphatic rings. The molecule has 0 amide bonds. The molecule has 0 bridgehead atoms. The third-order valence-electron chi connectivity index (χ3n) is 2.52. The molecule has 1 nitrogen and oxygen atoms in total. The Kier molecular flexibility index (Phi) is 5.10. The van der Waals surface area contributed by atoms with Crippen molar-refractivity contribution in [3.63, 3.8) is 0 Å². The first-order valence-corrected chi connectivity index (χ1v) is 6.35. The van der Waals surface area contributed by atoms with Gasteiger partial charge < -0.3 is 5.32 Å². The monoisotopic (exact) mass is 259 g/mol. The number of hydrogen-bond donors (Lipinski definition) is 1. The summed E-state index contributed by atoms with van der Waals surface area (Å²) in [6.45, 7) is 8.63. The second-order valence-electron chi connectivity index (χ2n) is 4.87. The van der Waals surface area contributed by atoms with Crippen molar-refractivity contribution in [2.24, 2.45) is 5.41 Å². The van der Waals surface area contributed by atoms with Gasteiger partial charge in [-0.3, -0.25) is 0 Å². The summed E-state index contributed by atoms with van der Waals surface area (Å²) in [5.74, 6) is 0. The van der Waals surface area contributed by atoms with E-state index in [-0.39, 0.29) is 5.41 Å². The molecule has 0 aliphatic carbocycles. The summed E-state index contributed by atoms with van der Waals surface area (Å²) in [4.78, 5) is 0. The standard InChI is InChI=1S/C13H19Cl2N/c1-4-16-9-13(2,3)8-10-5-6-11(14)12(15)7-10/h5-7,16H,4,8-9H2,1-3H3. The zero-order valence-electron chi connectivity index (χ0n) is 10.1. The fourth-order valence-electron chi connectivity index (χ4n) is 1.73. The predicted octanol–water partition coefficient (Wildman–Crippen LogP) is 4.17. The minimum atomic E-state index is 0.229. The van der Waals surface area contributed by atoms with E-state index in [9.17, 15) is 0 Å². The molecular formula is C13H19Cl2N. The van der Waals surface area contributed by atoms with Gasteiger partial charge in [0.25, 0.3) is 0 Å². The van der Waals surface area contributed by atoms with E-state index in [4.69, 9.17) is 23.2 Å². The summed E-state index contributed by atoms with van der Waals surface area (Å²) in [5, 5.41) is 4.63. The van der Waals surface area contributed by atoms with Gasteiger partial charge in [-0.25, -0.2) is 0 Å². The summed E-state index contributed by atoms with van der Waals surface area (Å²) in [5.41, 5.74) is 1.46. The second-order valence-corrected chi connectivity index (χ2v) is 5.68. The highest BCUT2D eigenvalue weighted by Gasteiger charge is 2.18. The minimum absolute atomic E-state index is 0.229. The quantitative estimate of drug-likeness (QED) is 0.837. The number of rotatable bonds is 5. The number of hydrogen-bond acceptors (Lipinski definition) is 1. The van der Waals surface area contributed by atoms with E-state index in [1.54, 1.807) is 0 Å². The van der Waals surface area contributed by atoms with Crippen LogP contribution in [-0.2, 0) is 6.42 Å². The van der Waals surface area contributed by atoms with E-state index in [2.05, 4.69) is 26.1 Å². The summed E-state index contributed by atoms with van der Waals surface area (Å²) < 4.78 is 0. The summed E-state index contributed by atoms with van der Waals surface area (Å²) in [6, 6.07) is 5.86. The largest absolute Gasteiger partial charge is 0.316 e. The van der Waals surface area contributed by atoms with E-state index in [1.807, 2.05) is 18.2 Å². The van der Waals surface area contributed by atoms with Crippen molar-refractivity contribution in [3.8, 4) is 0 Å². The summed E-state index contributed by atoms with van der Waals surface area (Å²) >= 11 is 11.9. The lowest BCUT2D eigenvalue weighted by Crippen LogP contribution is -2.31. The van der Waals surface area contributed by atoms with Crippen LogP contribution in [0.15, 0.2) is 18.2 Å². The highest BCUT2D eigenvalue weighted by molar-refractivity contribution is 6.42. The Balaban J connectivity index is 2.68. The van der Waals surface area contributed by atoms with Crippen molar-refractivity contribution < 1.29 is 0 Å². The Morgan fingerprint density at radius 2 is 1.88 bits per heavy atom. The molecule has 90 valence electrons. The van der Waals surface area contributed by atoms with Crippen LogP contribution in [0.1, 0.15) is 26.3 Å². The molecule has 1 N–H and O–H groups in total. The van der Waals surface area contributed by atoms with Gasteiger partial charge in [-0.05, 0) is 36.1 Å². The van der Waals surface area contributed by atoms with Crippen LogP contribution in [0.3, 0.4) is 0 Å². The van der Waals surface area contributed by atoms with E-state index in [0.29, 0.717) is 10.0 Å². The fourth-order valence-corrected chi connectivity index (χ4v) is 2.05. The molecule has 0 fully saturated rings. The molecule has 0 atom stereocenters. The van der Waals surface area contributed by atoms with Crippen LogP contribution in [0, 0.1) is 5.41 Å². The molecule has 0 heterocycles. The molecule has 16 heavy (non-hydrogen) atoms. The van der Waals surface area contributed by atoms with Gasteiger partial charge in [0, 0.05) is 6.54 Å². The molecule has 0 radical (unpaired) electrons. The summed E-state index contributed by atoms with van der Waals surface area (Å²) in [7, 11) is 0. The predicted molar refractivity (Wildman–Crippen MR) is 72.5 cm³/mol. The van der Waals surface area contributed by atoms with Crippen molar-refractivity contribution in [1.29, 1.82) is 0 Å². The first-order valence-electron chi connectivity index (χ1n) is 5.59. The third-order valence-corrected chi connectivity index (χ3v) is 3.26. The number of halogens is 2. The molecule has 0 saturated heterocycles. The molecule has 0 aliphatic heterocycles. The van der Waals surface area contributed by atoms with Crippen molar-refractivity contribution in [2.75, 3.05) is 13.1 Å². The van der Waals surface area contributed by atoms with Crippen molar-refractivity contribution in [2.45, 2.75) is 27.2 Å². The van der Waals surface area contributed by atoms with Gasteiger partial charge in [-0.15, -0.1) is 0 Å². The number of benzene rings is 1. The Hall–Kier alpha value is -0.240. The third kappa shape index (κ3) is 4.32. The van der Waals surface area contributed by atoms with Crippen LogP contribution in [0.2, 0.25) is 10.0 Å². The lowest BCUT2D eigenvalue weighted by atomic mass is 9.85. The molecule has 1 aromatic carbocycles. The minimum Gasteiger partial charge on any atom is -0.316 e.